The van der Waals surface area contributed by atoms with Crippen molar-refractivity contribution in [2.45, 2.75) is 24.8 Å². The van der Waals surface area contributed by atoms with E-state index in [-0.39, 0.29) is 10.9 Å². The van der Waals surface area contributed by atoms with Crippen LogP contribution in [0.3, 0.4) is 0 Å². The van der Waals surface area contributed by atoms with Crippen LogP contribution < -0.4 is 4.90 Å². The molecule has 0 amide bonds. The SMILES string of the molecule is CC1(C)SC(=S)N(c2ccccc2)C1N(O)/C=C1\C=Nc2ccccc21. The lowest BCUT2D eigenvalue weighted by atomic mass is 10.1. The first kappa shape index (κ1) is 17.3. The molecule has 2 aliphatic heterocycles. The van der Waals surface area contributed by atoms with Gasteiger partial charge in [0, 0.05) is 29.2 Å². The Kier molecular flexibility index (Phi) is 4.34. The van der Waals surface area contributed by atoms with Crippen molar-refractivity contribution in [1.29, 1.82) is 0 Å². The highest BCUT2D eigenvalue weighted by atomic mass is 32.2. The summed E-state index contributed by atoms with van der Waals surface area (Å²) in [6.45, 7) is 4.19. The van der Waals surface area contributed by atoms with Gasteiger partial charge in [0.25, 0.3) is 0 Å². The summed E-state index contributed by atoms with van der Waals surface area (Å²) in [6, 6.07) is 17.9. The van der Waals surface area contributed by atoms with Crippen LogP contribution >= 0.6 is 24.0 Å². The number of rotatable bonds is 3. The van der Waals surface area contributed by atoms with Crippen molar-refractivity contribution in [3.63, 3.8) is 0 Å². The van der Waals surface area contributed by atoms with Crippen LogP contribution in [0.5, 0.6) is 0 Å². The molecule has 2 heterocycles. The van der Waals surface area contributed by atoms with Gasteiger partial charge in [-0.2, -0.15) is 0 Å². The number of thiocarbonyl (C=S) groups is 1. The topological polar surface area (TPSA) is 39.1 Å². The number of anilines is 1. The van der Waals surface area contributed by atoms with Crippen LogP contribution in [0.4, 0.5) is 11.4 Å². The van der Waals surface area contributed by atoms with Crippen molar-refractivity contribution in [2.75, 3.05) is 4.90 Å². The second kappa shape index (κ2) is 6.54. The smallest absolute Gasteiger partial charge is 0.146 e. The molecule has 0 aliphatic carbocycles. The molecule has 0 radical (unpaired) electrons. The van der Waals surface area contributed by atoms with E-state index in [2.05, 4.69) is 18.8 Å². The van der Waals surface area contributed by atoms with E-state index in [1.165, 1.54) is 5.06 Å². The van der Waals surface area contributed by atoms with E-state index < -0.39 is 0 Å². The molecule has 1 atom stereocenters. The number of benzene rings is 2. The summed E-state index contributed by atoms with van der Waals surface area (Å²) in [5.41, 5.74) is 3.79. The average Bonchev–Trinajstić information content (AvgIpc) is 3.13. The quantitative estimate of drug-likeness (QED) is 0.593. The van der Waals surface area contributed by atoms with Gasteiger partial charge in [-0.1, -0.05) is 60.4 Å². The number of allylic oxidation sites excluding steroid dienone is 1. The van der Waals surface area contributed by atoms with Gasteiger partial charge in [0.15, 0.2) is 0 Å². The number of nitrogens with zero attached hydrogens (tertiary/aromatic N) is 3. The molecule has 1 unspecified atom stereocenters. The number of hydrogen-bond donors (Lipinski definition) is 1. The van der Waals surface area contributed by atoms with Gasteiger partial charge in [-0.25, -0.2) is 5.06 Å². The second-order valence-corrected chi connectivity index (χ2v) is 9.08. The van der Waals surface area contributed by atoms with Gasteiger partial charge in [0.1, 0.15) is 10.5 Å². The zero-order chi connectivity index (χ0) is 18.3. The normalized spacial score (nSPS) is 22.1. The molecule has 4 nitrogen and oxygen atoms in total. The summed E-state index contributed by atoms with van der Waals surface area (Å²) >= 11 is 7.22. The van der Waals surface area contributed by atoms with E-state index in [0.717, 1.165) is 26.8 Å². The molecule has 1 fully saturated rings. The maximum Gasteiger partial charge on any atom is 0.146 e. The van der Waals surface area contributed by atoms with Crippen LogP contribution in [-0.2, 0) is 0 Å². The molecule has 2 aromatic rings. The zero-order valence-electron chi connectivity index (χ0n) is 14.5. The number of para-hydroxylation sites is 2. The Hall–Kier alpha value is -2.15. The van der Waals surface area contributed by atoms with Gasteiger partial charge < -0.3 is 4.90 Å². The van der Waals surface area contributed by atoms with Crippen molar-refractivity contribution >= 4 is 51.5 Å². The molecule has 0 spiro atoms. The maximum absolute atomic E-state index is 11.0. The third-order valence-corrected chi connectivity index (χ3v) is 6.08. The molecule has 2 aromatic carbocycles. The minimum Gasteiger partial charge on any atom is -0.303 e. The lowest BCUT2D eigenvalue weighted by molar-refractivity contribution is -0.0816. The Morgan fingerprint density at radius 2 is 1.85 bits per heavy atom. The number of fused-ring (bicyclic) bond motifs is 1. The van der Waals surface area contributed by atoms with E-state index in [4.69, 9.17) is 12.2 Å². The summed E-state index contributed by atoms with van der Waals surface area (Å²) in [6.07, 6.45) is 3.21. The molecular formula is C20H19N3OS2. The molecule has 0 bridgehead atoms. The van der Waals surface area contributed by atoms with Crippen molar-refractivity contribution in [2.24, 2.45) is 4.99 Å². The van der Waals surface area contributed by atoms with Crippen LogP contribution in [-0.4, -0.2) is 31.7 Å². The molecule has 1 saturated heterocycles. The zero-order valence-corrected chi connectivity index (χ0v) is 16.2. The summed E-state index contributed by atoms with van der Waals surface area (Å²) < 4.78 is 0.470. The van der Waals surface area contributed by atoms with Crippen LogP contribution in [0.25, 0.3) is 5.57 Å². The standard InChI is InChI=1S/C20H19N3OS2/c1-20(2)18(23(19(25)26-20)15-8-4-3-5-9-15)22(24)13-14-12-21-17-11-7-6-10-16(14)17/h3-13,18,24H,1-2H3/b14-13+. The third-order valence-electron chi connectivity index (χ3n) is 4.53. The first-order valence-corrected chi connectivity index (χ1v) is 9.59. The molecule has 2 aliphatic rings. The Labute approximate surface area is 162 Å². The largest absolute Gasteiger partial charge is 0.303 e. The fraction of sp³-hybridized carbons (Fsp3) is 0.200. The Morgan fingerprint density at radius 3 is 2.62 bits per heavy atom. The molecule has 26 heavy (non-hydrogen) atoms. The molecule has 4 rings (SSSR count). The van der Waals surface area contributed by atoms with Crippen LogP contribution in [0.15, 0.2) is 65.8 Å². The Morgan fingerprint density at radius 1 is 1.15 bits per heavy atom. The Balaban J connectivity index is 1.71. The molecule has 0 aromatic heterocycles. The number of thioether (sulfide) groups is 1. The predicted molar refractivity (Wildman–Crippen MR) is 113 cm³/mol. The summed E-state index contributed by atoms with van der Waals surface area (Å²) in [5.74, 6) is 0. The number of hydrogen-bond acceptors (Lipinski definition) is 5. The molecular weight excluding hydrogens is 362 g/mol. The van der Waals surface area contributed by atoms with E-state index in [0.29, 0.717) is 0 Å². The van der Waals surface area contributed by atoms with Gasteiger partial charge in [0.2, 0.25) is 0 Å². The van der Waals surface area contributed by atoms with Crippen molar-refractivity contribution in [3.05, 3.63) is 66.4 Å². The number of hydroxylamine groups is 2. The average molecular weight is 382 g/mol. The van der Waals surface area contributed by atoms with E-state index in [1.54, 1.807) is 24.2 Å². The fourth-order valence-electron chi connectivity index (χ4n) is 3.36. The number of aliphatic imine (C=N–C) groups is 1. The van der Waals surface area contributed by atoms with Crippen LogP contribution in [0.2, 0.25) is 0 Å². The van der Waals surface area contributed by atoms with E-state index >= 15 is 0 Å². The summed E-state index contributed by atoms with van der Waals surface area (Å²) in [4.78, 5) is 6.42. The van der Waals surface area contributed by atoms with Gasteiger partial charge in [-0.15, -0.1) is 0 Å². The lowest BCUT2D eigenvalue weighted by Gasteiger charge is -2.36. The van der Waals surface area contributed by atoms with E-state index in [1.807, 2.05) is 59.5 Å². The van der Waals surface area contributed by atoms with Crippen LogP contribution in [0, 0.1) is 0 Å². The molecule has 1 N–H and O–H groups in total. The van der Waals surface area contributed by atoms with Crippen LogP contribution in [0.1, 0.15) is 19.4 Å². The highest BCUT2D eigenvalue weighted by molar-refractivity contribution is 8.24. The second-order valence-electron chi connectivity index (χ2n) is 6.79. The van der Waals surface area contributed by atoms with E-state index in [9.17, 15) is 5.21 Å². The minimum absolute atomic E-state index is 0.284. The summed E-state index contributed by atoms with van der Waals surface area (Å²) in [7, 11) is 0. The van der Waals surface area contributed by atoms with Gasteiger partial charge in [0.05, 0.1) is 10.4 Å². The first-order chi connectivity index (χ1) is 12.5. The lowest BCUT2D eigenvalue weighted by Crippen LogP contribution is -2.50. The van der Waals surface area contributed by atoms with Crippen molar-refractivity contribution in [1.82, 2.24) is 5.06 Å². The summed E-state index contributed by atoms with van der Waals surface area (Å²) in [5, 5.41) is 12.3. The monoisotopic (exact) mass is 381 g/mol. The van der Waals surface area contributed by atoms with Gasteiger partial charge in [-0.05, 0) is 32.0 Å². The first-order valence-electron chi connectivity index (χ1n) is 8.37. The molecule has 132 valence electrons. The maximum atomic E-state index is 11.0. The third kappa shape index (κ3) is 2.94. The van der Waals surface area contributed by atoms with Crippen molar-refractivity contribution < 1.29 is 5.21 Å². The molecule has 0 saturated carbocycles. The highest BCUT2D eigenvalue weighted by Gasteiger charge is 2.48. The highest BCUT2D eigenvalue weighted by Crippen LogP contribution is 2.45. The fourth-order valence-corrected chi connectivity index (χ4v) is 5.29. The van der Waals surface area contributed by atoms with Crippen molar-refractivity contribution in [3.8, 4) is 0 Å². The molecule has 6 heteroatoms. The van der Waals surface area contributed by atoms with Gasteiger partial charge in [-0.3, -0.25) is 10.2 Å². The predicted octanol–water partition coefficient (Wildman–Crippen LogP) is 5.08. The minimum atomic E-state index is -0.323. The Bertz CT molecular complexity index is 908. The van der Waals surface area contributed by atoms with Gasteiger partial charge >= 0.3 is 0 Å².